The molecule has 1 aliphatic carbocycles. The summed E-state index contributed by atoms with van der Waals surface area (Å²) < 4.78 is 1.33. The van der Waals surface area contributed by atoms with E-state index in [1.165, 1.54) is 49.4 Å². The van der Waals surface area contributed by atoms with Gasteiger partial charge in [-0.25, -0.2) is 0 Å². The van der Waals surface area contributed by atoms with Crippen LogP contribution in [0.25, 0.3) is 0 Å². The van der Waals surface area contributed by atoms with E-state index in [4.69, 9.17) is 0 Å². The Labute approximate surface area is 154 Å². The van der Waals surface area contributed by atoms with Crippen molar-refractivity contribution in [3.63, 3.8) is 0 Å². The minimum absolute atomic E-state index is 0. The molecule has 1 saturated carbocycles. The topological polar surface area (TPSA) is 102 Å². The molecule has 1 fully saturated rings. The van der Waals surface area contributed by atoms with Gasteiger partial charge in [0.15, 0.2) is 0 Å². The smallest absolute Gasteiger partial charge is 0.307 e. The van der Waals surface area contributed by atoms with Crippen LogP contribution >= 0.6 is 12.4 Å². The molecular formula is C16H28ClN5O3. The molecule has 2 rings (SSSR count). The lowest BCUT2D eigenvalue weighted by atomic mass is 10.1. The van der Waals surface area contributed by atoms with Crippen LogP contribution in [0.4, 0.5) is 5.69 Å². The first-order valence-electron chi connectivity index (χ1n) is 8.62. The van der Waals surface area contributed by atoms with Gasteiger partial charge >= 0.3 is 5.69 Å². The van der Waals surface area contributed by atoms with E-state index < -0.39 is 10.5 Å². The average molecular weight is 374 g/mol. The number of carbonyl (C=O) groups is 1. The highest BCUT2D eigenvalue weighted by Gasteiger charge is 2.31. The highest BCUT2D eigenvalue weighted by Crippen LogP contribution is 2.19. The number of nitro groups is 1. The van der Waals surface area contributed by atoms with Crippen molar-refractivity contribution in [2.75, 3.05) is 13.1 Å². The van der Waals surface area contributed by atoms with E-state index >= 15 is 0 Å². The molecule has 0 spiro atoms. The first-order chi connectivity index (χ1) is 11.4. The summed E-state index contributed by atoms with van der Waals surface area (Å²) >= 11 is 0. The monoisotopic (exact) mass is 373 g/mol. The Morgan fingerprint density at radius 2 is 1.96 bits per heavy atom. The van der Waals surface area contributed by atoms with Crippen molar-refractivity contribution < 1.29 is 9.72 Å². The summed E-state index contributed by atoms with van der Waals surface area (Å²) in [7, 11) is 0. The number of nitrogens with one attached hydrogen (secondary N) is 2. The molecule has 1 heterocycles. The number of amides is 1. The van der Waals surface area contributed by atoms with Crippen LogP contribution in [-0.2, 0) is 10.3 Å². The number of hydrogen-bond donors (Lipinski definition) is 2. The van der Waals surface area contributed by atoms with Gasteiger partial charge in [0, 0.05) is 19.1 Å². The molecule has 0 aromatic carbocycles. The Hall–Kier alpha value is -1.67. The SMILES string of the molecule is CC(C)(C(=O)NCCNC1CCCCCC1)n1cc([N+](=O)[O-])cn1.Cl. The summed E-state index contributed by atoms with van der Waals surface area (Å²) in [5.41, 5.74) is -1.10. The summed E-state index contributed by atoms with van der Waals surface area (Å²) in [6.45, 7) is 4.64. The summed E-state index contributed by atoms with van der Waals surface area (Å²) in [6, 6.07) is 0.547. The zero-order valence-corrected chi connectivity index (χ0v) is 15.7. The Bertz CT molecular complexity index is 568. The van der Waals surface area contributed by atoms with Gasteiger partial charge in [0.2, 0.25) is 5.91 Å². The Morgan fingerprint density at radius 1 is 1.32 bits per heavy atom. The van der Waals surface area contributed by atoms with E-state index in [-0.39, 0.29) is 24.0 Å². The quantitative estimate of drug-likeness (QED) is 0.330. The van der Waals surface area contributed by atoms with E-state index in [9.17, 15) is 14.9 Å². The van der Waals surface area contributed by atoms with Crippen LogP contribution in [0.1, 0.15) is 52.4 Å². The van der Waals surface area contributed by atoms with E-state index in [1.54, 1.807) is 13.8 Å². The number of carbonyl (C=O) groups excluding carboxylic acids is 1. The zero-order chi connectivity index (χ0) is 17.6. The summed E-state index contributed by atoms with van der Waals surface area (Å²) in [6.07, 6.45) is 10.0. The summed E-state index contributed by atoms with van der Waals surface area (Å²) in [5, 5.41) is 21.1. The maximum Gasteiger partial charge on any atom is 0.307 e. The van der Waals surface area contributed by atoms with Gasteiger partial charge in [0.1, 0.15) is 17.9 Å². The van der Waals surface area contributed by atoms with Crippen LogP contribution in [0.5, 0.6) is 0 Å². The lowest BCUT2D eigenvalue weighted by molar-refractivity contribution is -0.385. The number of nitrogens with zero attached hydrogens (tertiary/aromatic N) is 3. The lowest BCUT2D eigenvalue weighted by Gasteiger charge is -2.24. The molecule has 1 amide bonds. The van der Waals surface area contributed by atoms with Crippen LogP contribution in [0, 0.1) is 10.1 Å². The van der Waals surface area contributed by atoms with E-state index in [0.717, 1.165) is 12.7 Å². The minimum atomic E-state index is -0.976. The number of hydrogen-bond acceptors (Lipinski definition) is 5. The van der Waals surface area contributed by atoms with Gasteiger partial charge in [0.05, 0.1) is 4.92 Å². The molecule has 25 heavy (non-hydrogen) atoms. The molecule has 0 unspecified atom stereocenters. The minimum Gasteiger partial charge on any atom is -0.353 e. The van der Waals surface area contributed by atoms with Crippen molar-refractivity contribution in [2.24, 2.45) is 0 Å². The molecule has 1 aliphatic rings. The summed E-state index contributed by atoms with van der Waals surface area (Å²) in [5.74, 6) is -0.205. The predicted molar refractivity (Wildman–Crippen MR) is 98.0 cm³/mol. The van der Waals surface area contributed by atoms with Crippen molar-refractivity contribution in [3.05, 3.63) is 22.5 Å². The number of rotatable bonds is 7. The van der Waals surface area contributed by atoms with Crippen LogP contribution < -0.4 is 10.6 Å². The number of aromatic nitrogens is 2. The third kappa shape index (κ3) is 5.97. The molecule has 8 nitrogen and oxygen atoms in total. The van der Waals surface area contributed by atoms with Crippen molar-refractivity contribution in [2.45, 2.75) is 64.0 Å². The highest BCUT2D eigenvalue weighted by molar-refractivity contribution is 5.85. The maximum absolute atomic E-state index is 12.4. The van der Waals surface area contributed by atoms with E-state index in [1.807, 2.05) is 0 Å². The lowest BCUT2D eigenvalue weighted by Crippen LogP contribution is -2.47. The second-order valence-electron chi connectivity index (χ2n) is 6.86. The van der Waals surface area contributed by atoms with Crippen LogP contribution in [0.2, 0.25) is 0 Å². The average Bonchev–Trinajstić information content (AvgIpc) is 2.91. The molecule has 0 radical (unpaired) electrons. The van der Waals surface area contributed by atoms with Crippen LogP contribution in [-0.4, -0.2) is 39.7 Å². The van der Waals surface area contributed by atoms with Gasteiger partial charge in [-0.1, -0.05) is 25.7 Å². The Morgan fingerprint density at radius 3 is 2.52 bits per heavy atom. The highest BCUT2D eigenvalue weighted by atomic mass is 35.5. The van der Waals surface area contributed by atoms with E-state index in [0.29, 0.717) is 12.6 Å². The largest absolute Gasteiger partial charge is 0.353 e. The third-order valence-corrected chi connectivity index (χ3v) is 4.61. The van der Waals surface area contributed by atoms with Gasteiger partial charge in [-0.2, -0.15) is 5.10 Å². The van der Waals surface area contributed by atoms with Crippen LogP contribution in [0.3, 0.4) is 0 Å². The van der Waals surface area contributed by atoms with Gasteiger partial charge in [-0.15, -0.1) is 12.4 Å². The fourth-order valence-electron chi connectivity index (χ4n) is 2.97. The Balaban J connectivity index is 0.00000312. The zero-order valence-electron chi connectivity index (χ0n) is 14.9. The molecule has 9 heteroatoms. The third-order valence-electron chi connectivity index (χ3n) is 4.61. The van der Waals surface area contributed by atoms with Crippen molar-refractivity contribution in [3.8, 4) is 0 Å². The molecule has 0 saturated heterocycles. The summed E-state index contributed by atoms with van der Waals surface area (Å²) in [4.78, 5) is 22.6. The number of halogens is 1. The molecule has 2 N–H and O–H groups in total. The van der Waals surface area contributed by atoms with Crippen molar-refractivity contribution in [1.29, 1.82) is 0 Å². The van der Waals surface area contributed by atoms with Gasteiger partial charge in [0.25, 0.3) is 0 Å². The molecule has 142 valence electrons. The standard InChI is InChI=1S/C16H27N5O3.ClH/c1-16(2,20-12-14(11-19-20)21(23)24)15(22)18-10-9-17-13-7-5-3-4-6-8-13;/h11-13,17H,3-10H2,1-2H3,(H,18,22);1H. The molecule has 0 bridgehead atoms. The first kappa shape index (κ1) is 21.4. The molecule has 1 aromatic rings. The van der Waals surface area contributed by atoms with Gasteiger partial charge in [-0.3, -0.25) is 19.6 Å². The maximum atomic E-state index is 12.4. The fourth-order valence-corrected chi connectivity index (χ4v) is 2.97. The van der Waals surface area contributed by atoms with Crippen LogP contribution in [0.15, 0.2) is 12.4 Å². The van der Waals surface area contributed by atoms with Crippen molar-refractivity contribution in [1.82, 2.24) is 20.4 Å². The molecule has 0 aliphatic heterocycles. The van der Waals surface area contributed by atoms with E-state index in [2.05, 4.69) is 15.7 Å². The van der Waals surface area contributed by atoms with Gasteiger partial charge < -0.3 is 10.6 Å². The second-order valence-corrected chi connectivity index (χ2v) is 6.86. The Kier molecular flexibility index (Phi) is 8.31. The molecule has 0 atom stereocenters. The molecular weight excluding hydrogens is 346 g/mol. The molecule has 1 aromatic heterocycles. The second kappa shape index (κ2) is 9.72. The fraction of sp³-hybridized carbons (Fsp3) is 0.750. The van der Waals surface area contributed by atoms with Gasteiger partial charge in [-0.05, 0) is 26.7 Å². The normalized spacial score (nSPS) is 15.9. The first-order valence-corrected chi connectivity index (χ1v) is 8.62. The van der Waals surface area contributed by atoms with Crippen molar-refractivity contribution >= 4 is 24.0 Å². The predicted octanol–water partition coefficient (Wildman–Crippen LogP) is 2.38.